The smallest absolute Gasteiger partial charge is 0.338 e. The molecule has 128 valence electrons. The minimum absolute atomic E-state index is 0. The van der Waals surface area contributed by atoms with Crippen molar-refractivity contribution in [3.63, 3.8) is 0 Å². The molecule has 23 heavy (non-hydrogen) atoms. The molecular formula is C16H23ClN2O4. The zero-order chi connectivity index (χ0) is 16.1. The van der Waals surface area contributed by atoms with Gasteiger partial charge in [-0.05, 0) is 45.4 Å². The van der Waals surface area contributed by atoms with Crippen molar-refractivity contribution in [1.29, 1.82) is 0 Å². The Bertz CT molecular complexity index is 533. The van der Waals surface area contributed by atoms with E-state index in [9.17, 15) is 14.9 Å². The molecular weight excluding hydrogens is 320 g/mol. The second-order valence-electron chi connectivity index (χ2n) is 6.00. The van der Waals surface area contributed by atoms with E-state index in [4.69, 9.17) is 4.74 Å². The summed E-state index contributed by atoms with van der Waals surface area (Å²) in [6.07, 6.45) is 2.19. The van der Waals surface area contributed by atoms with Gasteiger partial charge in [0.05, 0.1) is 17.1 Å². The lowest BCUT2D eigenvalue weighted by atomic mass is 9.98. The average molecular weight is 343 g/mol. The number of benzene rings is 1. The van der Waals surface area contributed by atoms with Crippen LogP contribution in [0.4, 0.5) is 5.69 Å². The van der Waals surface area contributed by atoms with E-state index in [1.54, 1.807) is 0 Å². The lowest BCUT2D eigenvalue weighted by Gasteiger charge is -2.35. The Kier molecular flexibility index (Phi) is 7.45. The van der Waals surface area contributed by atoms with Crippen molar-refractivity contribution in [2.24, 2.45) is 5.92 Å². The lowest BCUT2D eigenvalue weighted by Crippen LogP contribution is -2.41. The predicted octanol–water partition coefficient (Wildman–Crippen LogP) is 3.29. The van der Waals surface area contributed by atoms with Gasteiger partial charge >= 0.3 is 5.97 Å². The summed E-state index contributed by atoms with van der Waals surface area (Å²) < 4.78 is 5.36. The molecule has 1 unspecified atom stereocenters. The molecule has 1 aliphatic rings. The number of rotatable bonds is 5. The summed E-state index contributed by atoms with van der Waals surface area (Å²) in [6, 6.07) is 6.01. The van der Waals surface area contributed by atoms with Crippen molar-refractivity contribution in [3.05, 3.63) is 39.9 Å². The molecule has 2 rings (SSSR count). The Balaban J connectivity index is 0.00000264. The molecule has 0 aromatic heterocycles. The van der Waals surface area contributed by atoms with Gasteiger partial charge in [0.2, 0.25) is 0 Å². The number of esters is 1. The number of nitro benzene ring substituents is 1. The monoisotopic (exact) mass is 342 g/mol. The SMILES string of the molecule is CC(C)N1CCCC(COC(=O)c2ccc([N+](=O)[O-])cc2)C1.Cl. The van der Waals surface area contributed by atoms with Crippen molar-refractivity contribution in [2.45, 2.75) is 32.7 Å². The Labute approximate surface area is 142 Å². The molecule has 1 heterocycles. The van der Waals surface area contributed by atoms with Crippen molar-refractivity contribution in [2.75, 3.05) is 19.7 Å². The maximum absolute atomic E-state index is 12.0. The number of piperidine rings is 1. The minimum atomic E-state index is -0.488. The van der Waals surface area contributed by atoms with Crippen LogP contribution < -0.4 is 0 Å². The molecule has 0 saturated carbocycles. The van der Waals surface area contributed by atoms with Crippen LogP contribution in [0.5, 0.6) is 0 Å². The second kappa shape index (κ2) is 8.84. The predicted molar refractivity (Wildman–Crippen MR) is 90.1 cm³/mol. The van der Waals surface area contributed by atoms with E-state index in [2.05, 4.69) is 18.7 Å². The summed E-state index contributed by atoms with van der Waals surface area (Å²) in [7, 11) is 0. The molecule has 1 fully saturated rings. The van der Waals surface area contributed by atoms with Crippen LogP contribution in [0.2, 0.25) is 0 Å². The molecule has 1 aliphatic heterocycles. The number of ether oxygens (including phenoxy) is 1. The van der Waals surface area contributed by atoms with E-state index in [-0.39, 0.29) is 18.1 Å². The van der Waals surface area contributed by atoms with Gasteiger partial charge in [-0.15, -0.1) is 12.4 Å². The molecule has 1 saturated heterocycles. The molecule has 6 nitrogen and oxygen atoms in total. The van der Waals surface area contributed by atoms with E-state index in [0.29, 0.717) is 24.1 Å². The molecule has 0 bridgehead atoms. The summed E-state index contributed by atoms with van der Waals surface area (Å²) >= 11 is 0. The Morgan fingerprint density at radius 2 is 2.04 bits per heavy atom. The fourth-order valence-corrected chi connectivity index (χ4v) is 2.70. The highest BCUT2D eigenvalue weighted by atomic mass is 35.5. The van der Waals surface area contributed by atoms with Crippen molar-refractivity contribution < 1.29 is 14.5 Å². The first kappa shape index (κ1) is 19.4. The van der Waals surface area contributed by atoms with Gasteiger partial charge in [0.1, 0.15) is 0 Å². The number of hydrogen-bond acceptors (Lipinski definition) is 5. The number of carbonyl (C=O) groups is 1. The van der Waals surface area contributed by atoms with Gasteiger partial charge in [-0.25, -0.2) is 4.79 Å². The minimum Gasteiger partial charge on any atom is -0.462 e. The lowest BCUT2D eigenvalue weighted by molar-refractivity contribution is -0.384. The normalized spacial score (nSPS) is 18.3. The van der Waals surface area contributed by atoms with Crippen LogP contribution >= 0.6 is 12.4 Å². The fraction of sp³-hybridized carbons (Fsp3) is 0.562. The second-order valence-corrected chi connectivity index (χ2v) is 6.00. The summed E-state index contributed by atoms with van der Waals surface area (Å²) in [5.41, 5.74) is 0.318. The van der Waals surface area contributed by atoms with Crippen LogP contribution in [0.15, 0.2) is 24.3 Å². The summed E-state index contributed by atoms with van der Waals surface area (Å²) in [5, 5.41) is 10.6. The molecule has 0 aliphatic carbocycles. The maximum Gasteiger partial charge on any atom is 0.338 e. The van der Waals surface area contributed by atoms with Crippen LogP contribution in [0.25, 0.3) is 0 Å². The molecule has 0 N–H and O–H groups in total. The van der Waals surface area contributed by atoms with Crippen LogP contribution in [-0.4, -0.2) is 41.5 Å². The van der Waals surface area contributed by atoms with Gasteiger partial charge in [0.25, 0.3) is 5.69 Å². The van der Waals surface area contributed by atoms with Gasteiger partial charge in [0, 0.05) is 30.6 Å². The van der Waals surface area contributed by atoms with Crippen LogP contribution in [0, 0.1) is 16.0 Å². The highest BCUT2D eigenvalue weighted by Gasteiger charge is 2.23. The van der Waals surface area contributed by atoms with Crippen LogP contribution in [0.1, 0.15) is 37.0 Å². The van der Waals surface area contributed by atoms with E-state index in [0.717, 1.165) is 25.9 Å². The molecule has 7 heteroatoms. The van der Waals surface area contributed by atoms with Crippen molar-refractivity contribution >= 4 is 24.1 Å². The topological polar surface area (TPSA) is 72.7 Å². The molecule has 0 spiro atoms. The van der Waals surface area contributed by atoms with Gasteiger partial charge < -0.3 is 9.64 Å². The third-order valence-corrected chi connectivity index (χ3v) is 4.04. The van der Waals surface area contributed by atoms with Crippen molar-refractivity contribution in [3.8, 4) is 0 Å². The first-order valence-electron chi connectivity index (χ1n) is 7.63. The number of non-ortho nitro benzene ring substituents is 1. The maximum atomic E-state index is 12.0. The fourth-order valence-electron chi connectivity index (χ4n) is 2.70. The molecule has 1 aromatic rings. The number of nitrogens with zero attached hydrogens (tertiary/aromatic N) is 2. The number of hydrogen-bond donors (Lipinski definition) is 0. The van der Waals surface area contributed by atoms with E-state index < -0.39 is 10.9 Å². The van der Waals surface area contributed by atoms with E-state index >= 15 is 0 Å². The Hall–Kier alpha value is -1.66. The third-order valence-electron chi connectivity index (χ3n) is 4.04. The molecule has 0 radical (unpaired) electrons. The van der Waals surface area contributed by atoms with Gasteiger partial charge in [-0.1, -0.05) is 0 Å². The van der Waals surface area contributed by atoms with Gasteiger partial charge in [-0.2, -0.15) is 0 Å². The molecule has 1 atom stereocenters. The Morgan fingerprint density at radius 3 is 2.61 bits per heavy atom. The number of carbonyl (C=O) groups excluding carboxylic acids is 1. The summed E-state index contributed by atoms with van der Waals surface area (Å²) in [6.45, 7) is 6.80. The number of nitro groups is 1. The zero-order valence-electron chi connectivity index (χ0n) is 13.4. The van der Waals surface area contributed by atoms with Crippen LogP contribution in [0.3, 0.4) is 0 Å². The van der Waals surface area contributed by atoms with E-state index in [1.165, 1.54) is 24.3 Å². The average Bonchev–Trinajstić information content (AvgIpc) is 2.53. The van der Waals surface area contributed by atoms with E-state index in [1.807, 2.05) is 0 Å². The summed E-state index contributed by atoms with van der Waals surface area (Å²) in [5.74, 6) is -0.0604. The highest BCUT2D eigenvalue weighted by Crippen LogP contribution is 2.19. The Morgan fingerprint density at radius 1 is 1.39 bits per heavy atom. The standard InChI is InChI=1S/C16H22N2O4.ClH/c1-12(2)17-9-3-4-13(10-17)11-22-16(19)14-5-7-15(8-6-14)18(20)21;/h5-8,12-13H,3-4,9-11H2,1-2H3;1H. The first-order chi connectivity index (χ1) is 10.5. The third kappa shape index (κ3) is 5.48. The zero-order valence-corrected chi connectivity index (χ0v) is 14.3. The van der Waals surface area contributed by atoms with Gasteiger partial charge in [0.15, 0.2) is 0 Å². The van der Waals surface area contributed by atoms with Crippen molar-refractivity contribution in [1.82, 2.24) is 4.90 Å². The number of likely N-dealkylation sites (tertiary alicyclic amines) is 1. The number of halogens is 1. The first-order valence-corrected chi connectivity index (χ1v) is 7.63. The molecule has 0 amide bonds. The largest absolute Gasteiger partial charge is 0.462 e. The highest BCUT2D eigenvalue weighted by molar-refractivity contribution is 5.89. The van der Waals surface area contributed by atoms with Crippen LogP contribution in [-0.2, 0) is 4.74 Å². The summed E-state index contributed by atoms with van der Waals surface area (Å²) in [4.78, 5) is 24.5. The van der Waals surface area contributed by atoms with Gasteiger partial charge in [-0.3, -0.25) is 10.1 Å². The quantitative estimate of drug-likeness (QED) is 0.466. The molecule has 1 aromatic carbocycles.